The number of anilines is 2. The summed E-state index contributed by atoms with van der Waals surface area (Å²) >= 11 is 0. The van der Waals surface area contributed by atoms with Crippen LogP contribution in [0.25, 0.3) is 0 Å². The van der Waals surface area contributed by atoms with Crippen LogP contribution < -0.4 is 15.8 Å². The molecule has 0 atom stereocenters. The van der Waals surface area contributed by atoms with E-state index in [-0.39, 0.29) is 0 Å². The first-order valence-electron chi connectivity index (χ1n) is 5.91. The number of nitrogens with one attached hydrogen (secondary N) is 1. The van der Waals surface area contributed by atoms with E-state index >= 15 is 0 Å². The van der Waals surface area contributed by atoms with Crippen molar-refractivity contribution in [1.82, 2.24) is 4.98 Å². The maximum atomic E-state index is 5.74. The molecular weight excluding hydrogens is 202 g/mol. The minimum absolute atomic E-state index is 0.517. The summed E-state index contributed by atoms with van der Waals surface area (Å²) in [5.41, 5.74) is 6.32. The molecule has 0 spiro atoms. The maximum absolute atomic E-state index is 5.74. The van der Waals surface area contributed by atoms with Gasteiger partial charge in [-0.15, -0.1) is 0 Å². The van der Waals surface area contributed by atoms with E-state index in [0.717, 1.165) is 18.8 Å². The zero-order valence-electron chi connectivity index (χ0n) is 10.1. The van der Waals surface area contributed by atoms with Crippen LogP contribution in [-0.2, 0) is 0 Å². The highest BCUT2D eigenvalue weighted by atomic mass is 16.5. The van der Waals surface area contributed by atoms with Crippen LogP contribution in [0.1, 0.15) is 33.1 Å². The van der Waals surface area contributed by atoms with Crippen molar-refractivity contribution in [1.29, 1.82) is 0 Å². The van der Waals surface area contributed by atoms with E-state index in [2.05, 4.69) is 17.2 Å². The van der Waals surface area contributed by atoms with Crippen molar-refractivity contribution >= 4 is 11.5 Å². The van der Waals surface area contributed by atoms with Crippen LogP contribution in [-0.4, -0.2) is 18.1 Å². The summed E-state index contributed by atoms with van der Waals surface area (Å²) < 4.78 is 5.33. The Balaban J connectivity index is 2.50. The van der Waals surface area contributed by atoms with Crippen LogP contribution in [0, 0.1) is 0 Å². The SMILES string of the molecule is CCCCCNc1ccc(N)c(OCC)n1. The van der Waals surface area contributed by atoms with Crippen LogP contribution in [0.5, 0.6) is 5.88 Å². The fourth-order valence-corrected chi connectivity index (χ4v) is 1.39. The number of nitrogen functional groups attached to an aromatic ring is 1. The topological polar surface area (TPSA) is 60.2 Å². The third kappa shape index (κ3) is 3.96. The van der Waals surface area contributed by atoms with Crippen molar-refractivity contribution in [2.24, 2.45) is 0 Å². The highest BCUT2D eigenvalue weighted by Gasteiger charge is 2.02. The third-order valence-electron chi connectivity index (χ3n) is 2.26. The van der Waals surface area contributed by atoms with E-state index in [0.29, 0.717) is 18.2 Å². The van der Waals surface area contributed by atoms with Gasteiger partial charge in [-0.05, 0) is 25.5 Å². The number of nitrogens with zero attached hydrogens (tertiary/aromatic N) is 1. The minimum Gasteiger partial charge on any atom is -0.476 e. The van der Waals surface area contributed by atoms with Crippen LogP contribution >= 0.6 is 0 Å². The first-order chi connectivity index (χ1) is 7.77. The van der Waals surface area contributed by atoms with Gasteiger partial charge in [0.2, 0.25) is 5.88 Å². The lowest BCUT2D eigenvalue weighted by atomic mass is 10.2. The fourth-order valence-electron chi connectivity index (χ4n) is 1.39. The largest absolute Gasteiger partial charge is 0.476 e. The molecule has 3 N–H and O–H groups in total. The molecular formula is C12H21N3O. The number of ether oxygens (including phenoxy) is 1. The molecule has 1 rings (SSSR count). The van der Waals surface area contributed by atoms with Gasteiger partial charge in [-0.3, -0.25) is 0 Å². The molecule has 0 saturated heterocycles. The molecule has 0 fully saturated rings. The van der Waals surface area contributed by atoms with Gasteiger partial charge in [-0.2, -0.15) is 4.98 Å². The van der Waals surface area contributed by atoms with Crippen LogP contribution in [0.3, 0.4) is 0 Å². The lowest BCUT2D eigenvalue weighted by Crippen LogP contribution is -2.06. The molecule has 0 aliphatic heterocycles. The predicted octanol–water partition coefficient (Wildman–Crippen LogP) is 2.66. The van der Waals surface area contributed by atoms with Crippen LogP contribution in [0.4, 0.5) is 11.5 Å². The Morgan fingerprint density at radius 2 is 2.12 bits per heavy atom. The van der Waals surface area contributed by atoms with E-state index in [1.54, 1.807) is 0 Å². The van der Waals surface area contributed by atoms with Gasteiger partial charge >= 0.3 is 0 Å². The first kappa shape index (κ1) is 12.6. The van der Waals surface area contributed by atoms with Crippen molar-refractivity contribution in [3.05, 3.63) is 12.1 Å². The molecule has 1 heterocycles. The molecule has 0 bridgehead atoms. The summed E-state index contributed by atoms with van der Waals surface area (Å²) in [5, 5.41) is 3.26. The van der Waals surface area contributed by atoms with Crippen LogP contribution in [0.15, 0.2) is 12.1 Å². The predicted molar refractivity (Wildman–Crippen MR) is 67.8 cm³/mol. The Bertz CT molecular complexity index is 315. The van der Waals surface area contributed by atoms with Gasteiger partial charge in [-0.1, -0.05) is 19.8 Å². The van der Waals surface area contributed by atoms with Gasteiger partial charge in [0.25, 0.3) is 0 Å². The number of unbranched alkanes of at least 4 members (excludes halogenated alkanes) is 2. The van der Waals surface area contributed by atoms with Crippen molar-refractivity contribution in [3.8, 4) is 5.88 Å². The second-order valence-electron chi connectivity index (χ2n) is 3.66. The number of nitrogens with two attached hydrogens (primary N) is 1. The molecule has 0 amide bonds. The van der Waals surface area contributed by atoms with Crippen molar-refractivity contribution < 1.29 is 4.74 Å². The summed E-state index contributed by atoms with van der Waals surface area (Å²) in [7, 11) is 0. The monoisotopic (exact) mass is 223 g/mol. The number of rotatable bonds is 7. The number of pyridine rings is 1. The maximum Gasteiger partial charge on any atom is 0.239 e. The van der Waals surface area contributed by atoms with E-state index in [9.17, 15) is 0 Å². The number of aromatic nitrogens is 1. The van der Waals surface area contributed by atoms with E-state index in [1.807, 2.05) is 19.1 Å². The Kier molecular flexibility index (Phi) is 5.46. The molecule has 16 heavy (non-hydrogen) atoms. The molecule has 4 heteroatoms. The summed E-state index contributed by atoms with van der Waals surface area (Å²) in [6, 6.07) is 3.70. The molecule has 0 unspecified atom stereocenters. The smallest absolute Gasteiger partial charge is 0.239 e. The average molecular weight is 223 g/mol. The lowest BCUT2D eigenvalue weighted by molar-refractivity contribution is 0.329. The standard InChI is InChI=1S/C12H21N3O/c1-3-5-6-9-14-11-8-7-10(13)12(15-11)16-4-2/h7-8H,3-6,9,13H2,1-2H3,(H,14,15). The molecule has 90 valence electrons. The molecule has 0 saturated carbocycles. The van der Waals surface area contributed by atoms with Gasteiger partial charge < -0.3 is 15.8 Å². The van der Waals surface area contributed by atoms with Gasteiger partial charge in [0.15, 0.2) is 0 Å². The first-order valence-corrected chi connectivity index (χ1v) is 5.91. The Morgan fingerprint density at radius 1 is 1.31 bits per heavy atom. The molecule has 1 aromatic rings. The molecule has 0 aliphatic rings. The third-order valence-corrected chi connectivity index (χ3v) is 2.26. The molecule has 0 aliphatic carbocycles. The highest BCUT2D eigenvalue weighted by molar-refractivity contribution is 5.53. The van der Waals surface area contributed by atoms with Crippen LogP contribution in [0.2, 0.25) is 0 Å². The lowest BCUT2D eigenvalue weighted by Gasteiger charge is -2.09. The quantitative estimate of drug-likeness (QED) is 0.698. The van der Waals surface area contributed by atoms with Crippen molar-refractivity contribution in [2.75, 3.05) is 24.2 Å². The minimum atomic E-state index is 0.517. The molecule has 4 nitrogen and oxygen atoms in total. The van der Waals surface area contributed by atoms with E-state index in [4.69, 9.17) is 10.5 Å². The number of hydrogen-bond acceptors (Lipinski definition) is 4. The summed E-state index contributed by atoms with van der Waals surface area (Å²) in [5.74, 6) is 1.34. The fraction of sp³-hybridized carbons (Fsp3) is 0.583. The van der Waals surface area contributed by atoms with Gasteiger partial charge in [0.05, 0.1) is 12.3 Å². The van der Waals surface area contributed by atoms with Crippen molar-refractivity contribution in [3.63, 3.8) is 0 Å². The highest BCUT2D eigenvalue weighted by Crippen LogP contribution is 2.20. The van der Waals surface area contributed by atoms with Crippen molar-refractivity contribution in [2.45, 2.75) is 33.1 Å². The average Bonchev–Trinajstić information content (AvgIpc) is 2.29. The summed E-state index contributed by atoms with van der Waals surface area (Å²) in [6.45, 7) is 5.63. The molecule has 0 aromatic carbocycles. The summed E-state index contributed by atoms with van der Waals surface area (Å²) in [6.07, 6.45) is 3.62. The summed E-state index contributed by atoms with van der Waals surface area (Å²) in [4.78, 5) is 4.30. The molecule has 0 radical (unpaired) electrons. The molecule has 1 aromatic heterocycles. The van der Waals surface area contributed by atoms with E-state index < -0.39 is 0 Å². The Labute approximate surface area is 97.2 Å². The second-order valence-corrected chi connectivity index (χ2v) is 3.66. The van der Waals surface area contributed by atoms with Gasteiger partial charge in [0, 0.05) is 6.54 Å². The van der Waals surface area contributed by atoms with E-state index in [1.165, 1.54) is 12.8 Å². The van der Waals surface area contributed by atoms with Gasteiger partial charge in [0.1, 0.15) is 5.82 Å². The second kappa shape index (κ2) is 6.93. The zero-order valence-corrected chi connectivity index (χ0v) is 10.1. The van der Waals surface area contributed by atoms with Gasteiger partial charge in [-0.25, -0.2) is 0 Å². The Hall–Kier alpha value is -1.45. The Morgan fingerprint density at radius 3 is 2.81 bits per heavy atom. The zero-order chi connectivity index (χ0) is 11.8. The normalized spacial score (nSPS) is 10.1. The number of hydrogen-bond donors (Lipinski definition) is 2.